The topological polar surface area (TPSA) is 82.5 Å². The highest BCUT2D eigenvalue weighted by atomic mass is 32.1. The molecular formula is C11H13N3O3S. The third kappa shape index (κ3) is 1.89. The Morgan fingerprint density at radius 3 is 3.06 bits per heavy atom. The van der Waals surface area contributed by atoms with Crippen molar-refractivity contribution in [3.8, 4) is 0 Å². The summed E-state index contributed by atoms with van der Waals surface area (Å²) in [5.74, 6) is -1.65. The first-order valence-corrected chi connectivity index (χ1v) is 6.69. The van der Waals surface area contributed by atoms with E-state index >= 15 is 0 Å². The maximum Gasteiger partial charge on any atom is 0.308 e. The summed E-state index contributed by atoms with van der Waals surface area (Å²) < 4.78 is 0. The molecule has 0 saturated carbocycles. The van der Waals surface area contributed by atoms with E-state index in [1.807, 2.05) is 0 Å². The van der Waals surface area contributed by atoms with Gasteiger partial charge >= 0.3 is 5.97 Å². The lowest BCUT2D eigenvalue weighted by molar-refractivity contribution is -0.141. The molecule has 0 spiro atoms. The number of rotatable bonds is 2. The van der Waals surface area contributed by atoms with Crippen molar-refractivity contribution in [1.29, 1.82) is 0 Å². The van der Waals surface area contributed by atoms with Crippen LogP contribution in [0.4, 0.5) is 5.13 Å². The molecule has 2 aliphatic heterocycles. The minimum Gasteiger partial charge on any atom is -0.481 e. The smallest absolute Gasteiger partial charge is 0.308 e. The van der Waals surface area contributed by atoms with Crippen molar-refractivity contribution in [2.45, 2.75) is 19.4 Å². The van der Waals surface area contributed by atoms with Gasteiger partial charge in [-0.15, -0.1) is 0 Å². The number of carbonyl (C=O) groups excluding carboxylic acids is 1. The SMILES string of the molecule is O=C(O)C1CC(=O)N(c2nc3c(s2)CNCC3)C1. The second-order valence-corrected chi connectivity index (χ2v) is 5.60. The summed E-state index contributed by atoms with van der Waals surface area (Å²) in [6.45, 7) is 1.94. The zero-order chi connectivity index (χ0) is 12.7. The summed E-state index contributed by atoms with van der Waals surface area (Å²) in [4.78, 5) is 29.9. The lowest BCUT2D eigenvalue weighted by atomic mass is 10.1. The number of hydrogen-bond acceptors (Lipinski definition) is 5. The van der Waals surface area contributed by atoms with Crippen LogP contribution in [-0.2, 0) is 22.6 Å². The number of thiazole rings is 1. The Morgan fingerprint density at radius 2 is 2.39 bits per heavy atom. The number of nitrogens with one attached hydrogen (secondary N) is 1. The summed E-state index contributed by atoms with van der Waals surface area (Å²) in [5.41, 5.74) is 1.04. The predicted octanol–water partition coefficient (Wildman–Crippen LogP) is 0.226. The molecule has 7 heteroatoms. The maximum absolute atomic E-state index is 11.8. The molecule has 18 heavy (non-hydrogen) atoms. The third-order valence-corrected chi connectivity index (χ3v) is 4.42. The van der Waals surface area contributed by atoms with Crippen LogP contribution in [0, 0.1) is 5.92 Å². The van der Waals surface area contributed by atoms with Crippen LogP contribution in [0.1, 0.15) is 17.0 Å². The van der Waals surface area contributed by atoms with E-state index in [1.54, 1.807) is 0 Å². The van der Waals surface area contributed by atoms with Crippen molar-refractivity contribution < 1.29 is 14.7 Å². The molecule has 0 bridgehead atoms. The van der Waals surface area contributed by atoms with Gasteiger partial charge in [0.1, 0.15) is 0 Å². The molecule has 1 aromatic rings. The van der Waals surface area contributed by atoms with Crippen LogP contribution < -0.4 is 10.2 Å². The molecule has 1 unspecified atom stereocenters. The summed E-state index contributed by atoms with van der Waals surface area (Å²) in [6, 6.07) is 0. The van der Waals surface area contributed by atoms with Gasteiger partial charge in [-0.05, 0) is 0 Å². The van der Waals surface area contributed by atoms with Crippen LogP contribution in [0.25, 0.3) is 0 Å². The monoisotopic (exact) mass is 267 g/mol. The Morgan fingerprint density at radius 1 is 1.56 bits per heavy atom. The molecule has 1 amide bonds. The third-order valence-electron chi connectivity index (χ3n) is 3.30. The van der Waals surface area contributed by atoms with Crippen LogP contribution in [0.15, 0.2) is 0 Å². The van der Waals surface area contributed by atoms with Gasteiger partial charge in [-0.25, -0.2) is 4.98 Å². The van der Waals surface area contributed by atoms with Gasteiger partial charge in [0.05, 0.1) is 11.6 Å². The van der Waals surface area contributed by atoms with E-state index in [-0.39, 0.29) is 18.9 Å². The number of carboxylic acids is 1. The van der Waals surface area contributed by atoms with E-state index in [1.165, 1.54) is 16.2 Å². The zero-order valence-corrected chi connectivity index (χ0v) is 10.5. The molecule has 3 heterocycles. The number of nitrogens with zero attached hydrogens (tertiary/aromatic N) is 2. The summed E-state index contributed by atoms with van der Waals surface area (Å²) in [6.07, 6.45) is 0.952. The van der Waals surface area contributed by atoms with Crippen molar-refractivity contribution in [3.63, 3.8) is 0 Å². The number of anilines is 1. The number of fused-ring (bicyclic) bond motifs is 1. The summed E-state index contributed by atoms with van der Waals surface area (Å²) in [5, 5.41) is 12.9. The van der Waals surface area contributed by atoms with E-state index in [0.717, 1.165) is 30.1 Å². The first kappa shape index (κ1) is 11.6. The molecule has 0 aliphatic carbocycles. The Balaban J connectivity index is 1.84. The number of aromatic nitrogens is 1. The average molecular weight is 267 g/mol. The van der Waals surface area contributed by atoms with Crippen LogP contribution in [0.2, 0.25) is 0 Å². The van der Waals surface area contributed by atoms with Crippen LogP contribution >= 0.6 is 11.3 Å². The maximum atomic E-state index is 11.8. The number of aliphatic carboxylic acids is 1. The van der Waals surface area contributed by atoms with Gasteiger partial charge in [-0.2, -0.15) is 0 Å². The number of carboxylic acid groups (broad SMARTS) is 1. The van der Waals surface area contributed by atoms with Crippen LogP contribution in [-0.4, -0.2) is 35.1 Å². The summed E-state index contributed by atoms with van der Waals surface area (Å²) >= 11 is 1.49. The number of amides is 1. The average Bonchev–Trinajstić information content (AvgIpc) is 2.91. The Hall–Kier alpha value is -1.47. The van der Waals surface area contributed by atoms with Crippen LogP contribution in [0.3, 0.4) is 0 Å². The van der Waals surface area contributed by atoms with Gasteiger partial charge in [0, 0.05) is 37.4 Å². The molecule has 2 aliphatic rings. The second kappa shape index (κ2) is 4.33. The number of hydrogen-bond donors (Lipinski definition) is 2. The molecule has 2 N–H and O–H groups in total. The molecule has 3 rings (SSSR count). The van der Waals surface area contributed by atoms with E-state index in [0.29, 0.717) is 5.13 Å². The standard InChI is InChI=1S/C11H13N3O3S/c15-9-3-6(10(16)17)5-14(9)11-13-7-1-2-12-4-8(7)18-11/h6,12H,1-5H2,(H,16,17). The van der Waals surface area contributed by atoms with Crippen molar-refractivity contribution in [2.24, 2.45) is 5.92 Å². The Labute approximate surface area is 108 Å². The first-order valence-electron chi connectivity index (χ1n) is 5.87. The largest absolute Gasteiger partial charge is 0.481 e. The highest BCUT2D eigenvalue weighted by molar-refractivity contribution is 7.16. The quantitative estimate of drug-likeness (QED) is 0.801. The van der Waals surface area contributed by atoms with E-state index < -0.39 is 11.9 Å². The lowest BCUT2D eigenvalue weighted by Crippen LogP contribution is -2.25. The molecule has 1 aromatic heterocycles. The van der Waals surface area contributed by atoms with Gasteiger partial charge in [0.2, 0.25) is 5.91 Å². The summed E-state index contributed by atoms with van der Waals surface area (Å²) in [7, 11) is 0. The molecule has 96 valence electrons. The highest BCUT2D eigenvalue weighted by Gasteiger charge is 2.36. The lowest BCUT2D eigenvalue weighted by Gasteiger charge is -2.11. The minimum absolute atomic E-state index is 0.0812. The molecule has 1 saturated heterocycles. The van der Waals surface area contributed by atoms with Crippen molar-refractivity contribution in [1.82, 2.24) is 10.3 Å². The normalized spacial score (nSPS) is 23.2. The Kier molecular flexibility index (Phi) is 2.79. The molecule has 1 atom stereocenters. The molecule has 6 nitrogen and oxygen atoms in total. The van der Waals surface area contributed by atoms with Crippen molar-refractivity contribution >= 4 is 28.3 Å². The fourth-order valence-electron chi connectivity index (χ4n) is 2.29. The van der Waals surface area contributed by atoms with E-state index in [2.05, 4.69) is 10.3 Å². The van der Waals surface area contributed by atoms with Gasteiger partial charge in [0.15, 0.2) is 5.13 Å². The molecule has 0 radical (unpaired) electrons. The molecular weight excluding hydrogens is 254 g/mol. The van der Waals surface area contributed by atoms with Gasteiger partial charge in [0.25, 0.3) is 0 Å². The first-order chi connectivity index (χ1) is 8.65. The molecule has 1 fully saturated rings. The van der Waals surface area contributed by atoms with Gasteiger partial charge in [-0.1, -0.05) is 11.3 Å². The van der Waals surface area contributed by atoms with Gasteiger partial charge in [-0.3, -0.25) is 14.5 Å². The molecule has 0 aromatic carbocycles. The van der Waals surface area contributed by atoms with Gasteiger partial charge < -0.3 is 10.4 Å². The highest BCUT2D eigenvalue weighted by Crippen LogP contribution is 2.32. The fourth-order valence-corrected chi connectivity index (χ4v) is 3.39. The minimum atomic E-state index is -0.908. The Bertz CT molecular complexity index is 490. The predicted molar refractivity (Wildman–Crippen MR) is 65.6 cm³/mol. The fraction of sp³-hybridized carbons (Fsp3) is 0.545. The van der Waals surface area contributed by atoms with Crippen LogP contribution in [0.5, 0.6) is 0 Å². The van der Waals surface area contributed by atoms with E-state index in [4.69, 9.17) is 5.11 Å². The number of carbonyl (C=O) groups is 2. The second-order valence-electron chi connectivity index (χ2n) is 4.54. The van der Waals surface area contributed by atoms with Crippen molar-refractivity contribution in [3.05, 3.63) is 10.6 Å². The van der Waals surface area contributed by atoms with E-state index in [9.17, 15) is 9.59 Å². The van der Waals surface area contributed by atoms with Crippen molar-refractivity contribution in [2.75, 3.05) is 18.0 Å². The zero-order valence-electron chi connectivity index (χ0n) is 9.68.